The number of ketones is 1. The Morgan fingerprint density at radius 3 is 2.24 bits per heavy atom. The standard InChI is InChI=1S/C27H28N2O4/c1-28(12-4-7-22(30)31)21-10-8-17(9-11-21)23-26(32)24(27(23)33)20-15-18-5-2-13-29-14-3-6-19(16-20)25(18)29/h8-11,15-16H,2-7,12-14H2,1H3,(H-,30,31,32,33)/p+1. The minimum absolute atomic E-state index is 0.0817. The molecule has 6 heteroatoms. The van der Waals surface area contributed by atoms with E-state index in [0.29, 0.717) is 29.7 Å². The average Bonchev–Trinajstić information content (AvgIpc) is 2.80. The summed E-state index contributed by atoms with van der Waals surface area (Å²) in [6.45, 7) is 2.85. The van der Waals surface area contributed by atoms with Crippen LogP contribution in [-0.2, 0) is 22.4 Å². The molecular formula is C27H29N2O4+. The lowest BCUT2D eigenvalue weighted by molar-refractivity contribution is -0.137. The third kappa shape index (κ3) is 3.84. The Labute approximate surface area is 192 Å². The molecule has 0 unspecified atom stereocenters. The number of aryl methyl sites for hydroxylation is 2. The van der Waals surface area contributed by atoms with Gasteiger partial charge in [-0.15, -0.1) is 0 Å². The first-order chi connectivity index (χ1) is 15.9. The van der Waals surface area contributed by atoms with Crippen molar-refractivity contribution in [1.29, 1.82) is 0 Å². The number of carboxylic acids is 1. The summed E-state index contributed by atoms with van der Waals surface area (Å²) in [6, 6.07) is 11.7. The topological polar surface area (TPSA) is 80.9 Å². The Bertz CT molecular complexity index is 1270. The number of hydrogen-bond donors (Lipinski definition) is 2. The number of anilines is 1. The van der Waals surface area contributed by atoms with E-state index in [-0.39, 0.29) is 18.0 Å². The van der Waals surface area contributed by atoms with E-state index in [1.807, 2.05) is 36.2 Å². The van der Waals surface area contributed by atoms with Crippen LogP contribution >= 0.6 is 0 Å². The highest BCUT2D eigenvalue weighted by Crippen LogP contribution is 2.37. The Hall–Kier alpha value is -3.41. The van der Waals surface area contributed by atoms with E-state index in [1.165, 1.54) is 16.5 Å². The van der Waals surface area contributed by atoms with Crippen molar-refractivity contribution in [3.05, 3.63) is 69.4 Å². The molecule has 0 bridgehead atoms. The van der Waals surface area contributed by atoms with Crippen molar-refractivity contribution in [2.24, 2.45) is 0 Å². The number of carbonyl (C=O) groups excluding carboxylic acids is 1. The lowest BCUT2D eigenvalue weighted by Gasteiger charge is -2.24. The summed E-state index contributed by atoms with van der Waals surface area (Å²) in [5, 5.41) is 21.9. The van der Waals surface area contributed by atoms with E-state index in [9.17, 15) is 14.7 Å². The molecule has 170 valence electrons. The molecule has 0 radical (unpaired) electrons. The van der Waals surface area contributed by atoms with Gasteiger partial charge in [0.15, 0.2) is 0 Å². The fourth-order valence-corrected chi connectivity index (χ4v) is 5.37. The number of carboxylic acid groups (broad SMARTS) is 1. The first kappa shape index (κ1) is 21.4. The Balaban J connectivity index is 1.45. The maximum Gasteiger partial charge on any atom is 0.303 e. The first-order valence-electron chi connectivity index (χ1n) is 11.7. The zero-order chi connectivity index (χ0) is 23.1. The van der Waals surface area contributed by atoms with Gasteiger partial charge in [-0.2, -0.15) is 0 Å². The number of hydrogen-bond acceptors (Lipinski definition) is 4. The van der Waals surface area contributed by atoms with Gasteiger partial charge in [-0.05, 0) is 54.3 Å². The van der Waals surface area contributed by atoms with Crippen molar-refractivity contribution in [1.82, 2.24) is 4.58 Å². The molecule has 1 aliphatic carbocycles. The van der Waals surface area contributed by atoms with Crippen molar-refractivity contribution in [3.8, 4) is 0 Å². The zero-order valence-electron chi connectivity index (χ0n) is 18.9. The largest absolute Gasteiger partial charge is 0.506 e. The molecule has 6 nitrogen and oxygen atoms in total. The van der Waals surface area contributed by atoms with Gasteiger partial charge in [0, 0.05) is 49.7 Å². The van der Waals surface area contributed by atoms with Gasteiger partial charge in [-0.25, -0.2) is 4.58 Å². The maximum absolute atomic E-state index is 13.1. The number of aliphatic hydroxyl groups is 1. The number of benzene rings is 2. The summed E-state index contributed by atoms with van der Waals surface area (Å²) in [6.07, 6.45) is 5.00. The maximum atomic E-state index is 13.1. The second kappa shape index (κ2) is 8.50. The number of nitrogens with zero attached hydrogens (tertiary/aromatic N) is 2. The molecule has 0 saturated carbocycles. The molecule has 2 N–H and O–H groups in total. The predicted molar refractivity (Wildman–Crippen MR) is 128 cm³/mol. The molecule has 0 atom stereocenters. The van der Waals surface area contributed by atoms with Gasteiger partial charge in [-0.1, -0.05) is 12.1 Å². The van der Waals surface area contributed by atoms with Crippen LogP contribution in [0.4, 0.5) is 5.69 Å². The highest BCUT2D eigenvalue weighted by Gasteiger charge is 2.36. The number of rotatable bonds is 6. The summed E-state index contributed by atoms with van der Waals surface area (Å²) < 4.78 is 2.47. The zero-order valence-corrected chi connectivity index (χ0v) is 18.9. The van der Waals surface area contributed by atoms with Crippen molar-refractivity contribution >= 4 is 28.6 Å². The molecule has 0 saturated heterocycles. The quantitative estimate of drug-likeness (QED) is 0.666. The van der Waals surface area contributed by atoms with Crippen LogP contribution < -0.4 is 20.1 Å². The van der Waals surface area contributed by atoms with Crippen LogP contribution in [-0.4, -0.2) is 48.6 Å². The molecule has 0 amide bonds. The van der Waals surface area contributed by atoms with Gasteiger partial charge >= 0.3 is 5.97 Å². The number of aliphatic hydroxyl groups excluding tert-OH is 1. The monoisotopic (exact) mass is 445 g/mol. The summed E-state index contributed by atoms with van der Waals surface area (Å²) in [5.41, 5.74) is 5.04. The molecule has 5 rings (SSSR count). The lowest BCUT2D eigenvalue weighted by atomic mass is 9.81. The van der Waals surface area contributed by atoms with Crippen LogP contribution in [0.25, 0.3) is 11.1 Å². The molecule has 2 aromatic rings. The van der Waals surface area contributed by atoms with Gasteiger partial charge in [0.25, 0.3) is 0 Å². The van der Waals surface area contributed by atoms with Crippen LogP contribution in [0.2, 0.25) is 0 Å². The van der Waals surface area contributed by atoms with Crippen molar-refractivity contribution in [2.45, 2.75) is 38.5 Å². The van der Waals surface area contributed by atoms with E-state index >= 15 is 0 Å². The molecular weight excluding hydrogens is 416 g/mol. The highest BCUT2D eigenvalue weighted by molar-refractivity contribution is 6.51. The molecule has 0 aromatic heterocycles. The fraction of sp³-hybridized carbons (Fsp3) is 0.370. The van der Waals surface area contributed by atoms with E-state index in [4.69, 9.17) is 5.11 Å². The molecule has 0 spiro atoms. The average molecular weight is 446 g/mol. The SMILES string of the molecule is CN(CCCC(=O)O)c1ccc(C2=C(O)C(=c3cc4c5c(c3)CCC[N+]=5CCC4)C2=O)cc1. The molecule has 3 aliphatic rings. The molecule has 2 aromatic carbocycles. The summed E-state index contributed by atoms with van der Waals surface area (Å²) in [5.74, 6) is -0.818. The predicted octanol–water partition coefficient (Wildman–Crippen LogP) is 2.07. The number of allylic oxidation sites excluding steroid dienone is 2. The Kier molecular flexibility index (Phi) is 5.52. The first-order valence-corrected chi connectivity index (χ1v) is 11.7. The van der Waals surface area contributed by atoms with Crippen molar-refractivity contribution < 1.29 is 19.8 Å². The van der Waals surface area contributed by atoms with Gasteiger partial charge in [0.1, 0.15) is 18.8 Å². The summed E-state index contributed by atoms with van der Waals surface area (Å²) in [4.78, 5) is 25.8. The van der Waals surface area contributed by atoms with E-state index in [2.05, 4.69) is 16.7 Å². The van der Waals surface area contributed by atoms with Crippen LogP contribution in [0.3, 0.4) is 0 Å². The fourth-order valence-electron chi connectivity index (χ4n) is 5.37. The van der Waals surface area contributed by atoms with Crippen LogP contribution in [0, 0.1) is 0 Å². The molecule has 33 heavy (non-hydrogen) atoms. The second-order valence-corrected chi connectivity index (χ2v) is 9.23. The third-order valence-electron chi connectivity index (χ3n) is 7.03. The number of Topliss-reactive ketones (excluding diaryl/α,β-unsaturated/α-hetero) is 1. The molecule has 0 fully saturated rings. The summed E-state index contributed by atoms with van der Waals surface area (Å²) in [7, 11) is 1.91. The molecule has 2 heterocycles. The minimum Gasteiger partial charge on any atom is -0.506 e. The summed E-state index contributed by atoms with van der Waals surface area (Å²) >= 11 is 0. The van der Waals surface area contributed by atoms with E-state index in [1.54, 1.807) is 0 Å². The minimum atomic E-state index is -0.794. The van der Waals surface area contributed by atoms with Crippen molar-refractivity contribution in [3.63, 3.8) is 0 Å². The smallest absolute Gasteiger partial charge is 0.303 e. The van der Waals surface area contributed by atoms with Crippen LogP contribution in [0.1, 0.15) is 42.4 Å². The van der Waals surface area contributed by atoms with Gasteiger partial charge in [0.05, 0.1) is 11.1 Å². The second-order valence-electron chi connectivity index (χ2n) is 9.23. The van der Waals surface area contributed by atoms with Crippen LogP contribution in [0.5, 0.6) is 0 Å². The Morgan fingerprint density at radius 1 is 1.03 bits per heavy atom. The third-order valence-corrected chi connectivity index (χ3v) is 7.03. The lowest BCUT2D eigenvalue weighted by Crippen LogP contribution is -2.44. The van der Waals surface area contributed by atoms with Crippen LogP contribution in [0.15, 0.2) is 42.2 Å². The van der Waals surface area contributed by atoms with Gasteiger partial charge in [0.2, 0.25) is 11.1 Å². The van der Waals surface area contributed by atoms with Crippen molar-refractivity contribution in [2.75, 3.05) is 31.6 Å². The van der Waals surface area contributed by atoms with Gasteiger partial charge in [-0.3, -0.25) is 9.59 Å². The normalized spacial score (nSPS) is 17.1. The Morgan fingerprint density at radius 2 is 1.67 bits per heavy atom. The van der Waals surface area contributed by atoms with E-state index < -0.39 is 5.97 Å². The molecule has 2 aliphatic heterocycles. The van der Waals surface area contributed by atoms with Gasteiger partial charge < -0.3 is 15.1 Å². The number of carbonyl (C=O) groups is 2. The van der Waals surface area contributed by atoms with E-state index in [0.717, 1.165) is 49.7 Å². The highest BCUT2D eigenvalue weighted by atomic mass is 16.4. The number of aliphatic carboxylic acids is 1.